The van der Waals surface area contributed by atoms with Gasteiger partial charge < -0.3 is 10.2 Å². The Balaban J connectivity index is 0.00000243. The average molecular weight is 406 g/mol. The van der Waals surface area contributed by atoms with Crippen molar-refractivity contribution in [1.82, 2.24) is 14.5 Å². The number of carbonyl (C=O) groups is 1. The van der Waals surface area contributed by atoms with Gasteiger partial charge in [-0.05, 0) is 50.9 Å². The average Bonchev–Trinajstić information content (AvgIpc) is 3.15. The fourth-order valence-corrected chi connectivity index (χ4v) is 5.00. The van der Waals surface area contributed by atoms with Gasteiger partial charge in [-0.15, -0.1) is 12.4 Å². The highest BCUT2D eigenvalue weighted by atomic mass is 35.5. The molecule has 26 heavy (non-hydrogen) atoms. The molecule has 0 aliphatic carbocycles. The number of likely N-dealkylation sites (tertiary alicyclic amines) is 1. The molecule has 1 aromatic rings. The number of piperidine rings is 1. The van der Waals surface area contributed by atoms with Crippen LogP contribution in [0.25, 0.3) is 0 Å². The van der Waals surface area contributed by atoms with Crippen molar-refractivity contribution in [2.75, 3.05) is 33.2 Å². The number of hydrogen-bond acceptors (Lipinski definition) is 4. The van der Waals surface area contributed by atoms with E-state index in [9.17, 15) is 17.6 Å². The summed E-state index contributed by atoms with van der Waals surface area (Å²) in [6.45, 7) is 2.04. The Morgan fingerprint density at radius 3 is 2.50 bits per heavy atom. The summed E-state index contributed by atoms with van der Waals surface area (Å²) >= 11 is 0. The van der Waals surface area contributed by atoms with Crippen LogP contribution in [0.15, 0.2) is 23.1 Å². The fourth-order valence-electron chi connectivity index (χ4n) is 3.47. The van der Waals surface area contributed by atoms with Gasteiger partial charge in [0.25, 0.3) is 5.91 Å². The van der Waals surface area contributed by atoms with E-state index < -0.39 is 15.8 Å². The SMILES string of the molecule is CNC1CCCN(S(=O)(=O)c2ccc(C(=O)N3CCCC3)c(F)c2)C1.Cl. The Bertz CT molecular complexity index is 754. The smallest absolute Gasteiger partial charge is 0.256 e. The molecule has 2 fully saturated rings. The quantitative estimate of drug-likeness (QED) is 0.830. The molecular formula is C17H25ClFN3O3S. The Labute approximate surface area is 160 Å². The standard InChI is InChI=1S/C17H24FN3O3S.ClH/c1-19-13-5-4-10-21(12-13)25(23,24)14-6-7-15(16(18)11-14)17(22)20-8-2-3-9-20;/h6-7,11,13,19H,2-5,8-10,12H2,1H3;1H. The summed E-state index contributed by atoms with van der Waals surface area (Å²) in [7, 11) is -1.96. The van der Waals surface area contributed by atoms with Gasteiger partial charge in [-0.3, -0.25) is 4.79 Å². The number of benzene rings is 1. The molecule has 1 atom stereocenters. The number of hydrogen-bond donors (Lipinski definition) is 1. The van der Waals surface area contributed by atoms with E-state index in [4.69, 9.17) is 0 Å². The summed E-state index contributed by atoms with van der Waals surface area (Å²) in [5.74, 6) is -1.15. The molecule has 6 nitrogen and oxygen atoms in total. The van der Waals surface area contributed by atoms with Gasteiger partial charge >= 0.3 is 0 Å². The van der Waals surface area contributed by atoms with E-state index in [2.05, 4.69) is 5.32 Å². The monoisotopic (exact) mass is 405 g/mol. The molecule has 2 aliphatic rings. The zero-order valence-corrected chi connectivity index (χ0v) is 16.4. The minimum Gasteiger partial charge on any atom is -0.339 e. The van der Waals surface area contributed by atoms with Crippen molar-refractivity contribution in [1.29, 1.82) is 0 Å². The third-order valence-electron chi connectivity index (χ3n) is 4.99. The Hall–Kier alpha value is -1.22. The van der Waals surface area contributed by atoms with E-state index in [-0.39, 0.29) is 34.8 Å². The summed E-state index contributed by atoms with van der Waals surface area (Å²) in [5.41, 5.74) is -0.0624. The van der Waals surface area contributed by atoms with Crippen LogP contribution in [0.1, 0.15) is 36.0 Å². The summed E-state index contributed by atoms with van der Waals surface area (Å²) in [4.78, 5) is 13.8. The van der Waals surface area contributed by atoms with Crippen molar-refractivity contribution in [2.24, 2.45) is 0 Å². The Morgan fingerprint density at radius 1 is 1.19 bits per heavy atom. The molecule has 0 bridgehead atoms. The molecule has 0 radical (unpaired) electrons. The lowest BCUT2D eigenvalue weighted by Crippen LogP contribution is -2.46. The summed E-state index contributed by atoms with van der Waals surface area (Å²) in [5, 5.41) is 3.09. The first-order valence-electron chi connectivity index (χ1n) is 8.69. The molecular weight excluding hydrogens is 381 g/mol. The maximum absolute atomic E-state index is 14.5. The van der Waals surface area contributed by atoms with Gasteiger partial charge in [0.2, 0.25) is 10.0 Å². The van der Waals surface area contributed by atoms with E-state index in [0.717, 1.165) is 31.7 Å². The van der Waals surface area contributed by atoms with Gasteiger partial charge in [0.1, 0.15) is 5.82 Å². The second-order valence-electron chi connectivity index (χ2n) is 6.63. The maximum atomic E-state index is 14.5. The highest BCUT2D eigenvalue weighted by molar-refractivity contribution is 7.89. The van der Waals surface area contributed by atoms with Crippen molar-refractivity contribution in [3.05, 3.63) is 29.6 Å². The number of nitrogens with one attached hydrogen (secondary N) is 1. The summed E-state index contributed by atoms with van der Waals surface area (Å²) in [6, 6.07) is 3.71. The largest absolute Gasteiger partial charge is 0.339 e. The van der Waals surface area contributed by atoms with Gasteiger partial charge in [-0.2, -0.15) is 4.31 Å². The molecule has 3 rings (SSSR count). The normalized spacial score (nSPS) is 21.5. The van der Waals surface area contributed by atoms with E-state index in [1.54, 1.807) is 11.9 Å². The number of halogens is 2. The second-order valence-corrected chi connectivity index (χ2v) is 8.57. The summed E-state index contributed by atoms with van der Waals surface area (Å²) < 4.78 is 41.4. The maximum Gasteiger partial charge on any atom is 0.256 e. The number of rotatable bonds is 4. The Morgan fingerprint density at radius 2 is 1.88 bits per heavy atom. The fraction of sp³-hybridized carbons (Fsp3) is 0.588. The lowest BCUT2D eigenvalue weighted by Gasteiger charge is -2.31. The van der Waals surface area contributed by atoms with Crippen LogP contribution in [0.2, 0.25) is 0 Å². The van der Waals surface area contributed by atoms with E-state index in [1.807, 2.05) is 0 Å². The van der Waals surface area contributed by atoms with Crippen LogP contribution >= 0.6 is 12.4 Å². The third kappa shape index (κ3) is 4.19. The van der Waals surface area contributed by atoms with Crippen LogP contribution in [0.3, 0.4) is 0 Å². The highest BCUT2D eigenvalue weighted by Crippen LogP contribution is 2.24. The molecule has 0 saturated carbocycles. The van der Waals surface area contributed by atoms with Crippen LogP contribution in [0, 0.1) is 5.82 Å². The van der Waals surface area contributed by atoms with Crippen molar-refractivity contribution in [3.8, 4) is 0 Å². The van der Waals surface area contributed by atoms with E-state index in [0.29, 0.717) is 26.2 Å². The topological polar surface area (TPSA) is 69.7 Å². The number of likely N-dealkylation sites (N-methyl/N-ethyl adjacent to an activating group) is 1. The lowest BCUT2D eigenvalue weighted by molar-refractivity contribution is 0.0788. The van der Waals surface area contributed by atoms with Gasteiger partial charge in [0.15, 0.2) is 0 Å². The van der Waals surface area contributed by atoms with Gasteiger partial charge in [-0.1, -0.05) is 0 Å². The first-order valence-corrected chi connectivity index (χ1v) is 10.1. The van der Waals surface area contributed by atoms with Crippen LogP contribution in [0.5, 0.6) is 0 Å². The van der Waals surface area contributed by atoms with Gasteiger partial charge in [0, 0.05) is 32.2 Å². The molecule has 0 spiro atoms. The Kier molecular flexibility index (Phi) is 7.01. The molecule has 2 saturated heterocycles. The molecule has 0 aromatic heterocycles. The number of nitrogens with zero attached hydrogens (tertiary/aromatic N) is 2. The first kappa shape index (κ1) is 21.1. The molecule has 9 heteroatoms. The van der Waals surface area contributed by atoms with E-state index >= 15 is 0 Å². The predicted molar refractivity (Wildman–Crippen MR) is 99.6 cm³/mol. The molecule has 2 heterocycles. The van der Waals surface area contributed by atoms with Crippen molar-refractivity contribution in [3.63, 3.8) is 0 Å². The van der Waals surface area contributed by atoms with Crippen molar-refractivity contribution >= 4 is 28.3 Å². The van der Waals surface area contributed by atoms with Crippen LogP contribution in [-0.4, -0.2) is 62.8 Å². The molecule has 1 amide bonds. The van der Waals surface area contributed by atoms with Crippen LogP contribution in [0.4, 0.5) is 4.39 Å². The zero-order valence-electron chi connectivity index (χ0n) is 14.8. The number of amides is 1. The number of carbonyl (C=O) groups excluding carboxylic acids is 1. The molecule has 2 aliphatic heterocycles. The second kappa shape index (κ2) is 8.65. The summed E-state index contributed by atoms with van der Waals surface area (Å²) in [6.07, 6.45) is 3.52. The number of sulfonamides is 1. The molecule has 1 N–H and O–H groups in total. The predicted octanol–water partition coefficient (Wildman–Crippen LogP) is 1.86. The van der Waals surface area contributed by atoms with Crippen LogP contribution < -0.4 is 5.32 Å². The van der Waals surface area contributed by atoms with Crippen molar-refractivity contribution < 1.29 is 17.6 Å². The molecule has 1 unspecified atom stereocenters. The molecule has 146 valence electrons. The van der Waals surface area contributed by atoms with Crippen molar-refractivity contribution in [2.45, 2.75) is 36.6 Å². The van der Waals surface area contributed by atoms with Gasteiger partial charge in [0.05, 0.1) is 10.5 Å². The minimum atomic E-state index is -3.76. The first-order chi connectivity index (χ1) is 11.9. The van der Waals surface area contributed by atoms with E-state index in [1.165, 1.54) is 16.4 Å². The van der Waals surface area contributed by atoms with Crippen LogP contribution in [-0.2, 0) is 10.0 Å². The van der Waals surface area contributed by atoms with Gasteiger partial charge in [-0.25, -0.2) is 12.8 Å². The lowest BCUT2D eigenvalue weighted by atomic mass is 10.1. The minimum absolute atomic E-state index is 0. The highest BCUT2D eigenvalue weighted by Gasteiger charge is 2.31. The third-order valence-corrected chi connectivity index (χ3v) is 6.86. The zero-order chi connectivity index (χ0) is 18.0. The molecule has 1 aromatic carbocycles.